The molecule has 1 saturated carbocycles. The molecule has 2 N–H and O–H groups in total. The maximum atomic E-state index is 13.5. The van der Waals surface area contributed by atoms with Crippen molar-refractivity contribution in [3.05, 3.63) is 34.9 Å². The SMILES string of the molecule is Cc1cc(C(=O)NC2C3CNCC32)c(F)cc1F.Cl. The molecule has 2 atom stereocenters. The van der Waals surface area contributed by atoms with E-state index in [2.05, 4.69) is 10.6 Å². The summed E-state index contributed by atoms with van der Waals surface area (Å²) in [7, 11) is 0. The van der Waals surface area contributed by atoms with Crippen molar-refractivity contribution in [2.45, 2.75) is 13.0 Å². The minimum atomic E-state index is -0.806. The molecule has 0 bridgehead atoms. The summed E-state index contributed by atoms with van der Waals surface area (Å²) in [5.74, 6) is -0.941. The van der Waals surface area contributed by atoms with Crippen LogP contribution in [0.3, 0.4) is 0 Å². The molecule has 0 spiro atoms. The second-order valence-electron chi connectivity index (χ2n) is 5.07. The monoisotopic (exact) mass is 288 g/mol. The highest BCUT2D eigenvalue weighted by atomic mass is 35.5. The van der Waals surface area contributed by atoms with Gasteiger partial charge in [-0.2, -0.15) is 0 Å². The second kappa shape index (κ2) is 5.06. The molecule has 2 fully saturated rings. The van der Waals surface area contributed by atoms with Crippen molar-refractivity contribution in [2.24, 2.45) is 11.8 Å². The first-order chi connectivity index (χ1) is 8.58. The van der Waals surface area contributed by atoms with E-state index in [9.17, 15) is 13.6 Å². The van der Waals surface area contributed by atoms with Crippen LogP contribution in [0.15, 0.2) is 12.1 Å². The van der Waals surface area contributed by atoms with Gasteiger partial charge in [-0.3, -0.25) is 4.79 Å². The Morgan fingerprint density at radius 1 is 1.26 bits per heavy atom. The summed E-state index contributed by atoms with van der Waals surface area (Å²) in [6, 6.07) is 2.17. The molecule has 0 radical (unpaired) electrons. The summed E-state index contributed by atoms with van der Waals surface area (Å²) in [4.78, 5) is 11.9. The number of halogens is 3. The third-order valence-electron chi connectivity index (χ3n) is 3.88. The maximum Gasteiger partial charge on any atom is 0.254 e. The lowest BCUT2D eigenvalue weighted by Crippen LogP contribution is -2.33. The van der Waals surface area contributed by atoms with Crippen LogP contribution in [0, 0.1) is 30.4 Å². The minimum Gasteiger partial charge on any atom is -0.349 e. The number of hydrogen-bond acceptors (Lipinski definition) is 2. The first kappa shape index (κ1) is 14.2. The van der Waals surface area contributed by atoms with Gasteiger partial charge >= 0.3 is 0 Å². The zero-order valence-corrected chi connectivity index (χ0v) is 11.2. The summed E-state index contributed by atoms with van der Waals surface area (Å²) in [5, 5.41) is 6.04. The third-order valence-corrected chi connectivity index (χ3v) is 3.88. The van der Waals surface area contributed by atoms with E-state index in [1.54, 1.807) is 0 Å². The second-order valence-corrected chi connectivity index (χ2v) is 5.07. The Hall–Kier alpha value is -1.20. The van der Waals surface area contributed by atoms with Crippen molar-refractivity contribution < 1.29 is 13.6 Å². The van der Waals surface area contributed by atoms with Gasteiger partial charge in [0.2, 0.25) is 0 Å². The predicted molar refractivity (Wildman–Crippen MR) is 69.4 cm³/mol. The molecule has 1 aromatic carbocycles. The first-order valence-corrected chi connectivity index (χ1v) is 6.05. The summed E-state index contributed by atoms with van der Waals surface area (Å²) < 4.78 is 26.6. The van der Waals surface area contributed by atoms with E-state index in [-0.39, 0.29) is 29.6 Å². The van der Waals surface area contributed by atoms with E-state index in [1.165, 1.54) is 13.0 Å². The molecule has 2 aliphatic rings. The van der Waals surface area contributed by atoms with Crippen LogP contribution in [0.1, 0.15) is 15.9 Å². The molecule has 0 aromatic heterocycles. The van der Waals surface area contributed by atoms with E-state index in [0.29, 0.717) is 11.8 Å². The Bertz CT molecular complexity index is 514. The molecule has 3 nitrogen and oxygen atoms in total. The van der Waals surface area contributed by atoms with Gasteiger partial charge in [0.05, 0.1) is 5.56 Å². The number of aryl methyl sites for hydroxylation is 1. The van der Waals surface area contributed by atoms with Crippen molar-refractivity contribution >= 4 is 18.3 Å². The quantitative estimate of drug-likeness (QED) is 0.869. The fourth-order valence-electron chi connectivity index (χ4n) is 2.69. The molecule has 1 heterocycles. The zero-order valence-electron chi connectivity index (χ0n) is 10.4. The first-order valence-electron chi connectivity index (χ1n) is 6.05. The van der Waals surface area contributed by atoms with Crippen molar-refractivity contribution in [1.29, 1.82) is 0 Å². The summed E-state index contributed by atoms with van der Waals surface area (Å²) in [5.41, 5.74) is 0.200. The van der Waals surface area contributed by atoms with Crippen LogP contribution in [0.4, 0.5) is 8.78 Å². The molecular formula is C13H15ClF2N2O. The Kier molecular flexibility index (Phi) is 3.78. The third kappa shape index (κ3) is 2.44. The van der Waals surface area contributed by atoms with Crippen LogP contribution in [0.25, 0.3) is 0 Å². The smallest absolute Gasteiger partial charge is 0.254 e. The number of piperidine rings is 1. The lowest BCUT2D eigenvalue weighted by atomic mass is 10.1. The van der Waals surface area contributed by atoms with Gasteiger partial charge in [-0.15, -0.1) is 12.4 Å². The number of amides is 1. The number of fused-ring (bicyclic) bond motifs is 1. The predicted octanol–water partition coefficient (Wildman–Crippen LogP) is 1.64. The summed E-state index contributed by atoms with van der Waals surface area (Å²) in [6.45, 7) is 3.32. The number of benzene rings is 1. The van der Waals surface area contributed by atoms with Crippen LogP contribution in [-0.2, 0) is 0 Å². The summed E-state index contributed by atoms with van der Waals surface area (Å²) >= 11 is 0. The number of hydrogen-bond donors (Lipinski definition) is 2. The molecular weight excluding hydrogens is 274 g/mol. The average Bonchev–Trinajstić information content (AvgIpc) is 2.75. The van der Waals surface area contributed by atoms with Gasteiger partial charge in [-0.25, -0.2) is 8.78 Å². The van der Waals surface area contributed by atoms with Crippen LogP contribution in [0.2, 0.25) is 0 Å². The van der Waals surface area contributed by atoms with Gasteiger partial charge in [-0.1, -0.05) is 0 Å². The van der Waals surface area contributed by atoms with Gasteiger partial charge in [0.25, 0.3) is 5.91 Å². The van der Waals surface area contributed by atoms with Crippen LogP contribution < -0.4 is 10.6 Å². The molecule has 104 valence electrons. The van der Waals surface area contributed by atoms with Gasteiger partial charge in [0.1, 0.15) is 11.6 Å². The molecule has 1 amide bonds. The number of rotatable bonds is 2. The highest BCUT2D eigenvalue weighted by Gasteiger charge is 2.53. The highest BCUT2D eigenvalue weighted by Crippen LogP contribution is 2.41. The molecule has 6 heteroatoms. The molecule has 19 heavy (non-hydrogen) atoms. The molecule has 1 aromatic rings. The Balaban J connectivity index is 0.00000133. The lowest BCUT2D eigenvalue weighted by Gasteiger charge is -2.09. The van der Waals surface area contributed by atoms with Gasteiger partial charge in [0.15, 0.2) is 0 Å². The minimum absolute atomic E-state index is 0. The van der Waals surface area contributed by atoms with Crippen molar-refractivity contribution in [3.63, 3.8) is 0 Å². The van der Waals surface area contributed by atoms with E-state index in [0.717, 1.165) is 19.2 Å². The van der Waals surface area contributed by atoms with E-state index in [1.807, 2.05) is 0 Å². The van der Waals surface area contributed by atoms with Gasteiger partial charge in [-0.05, 0) is 30.4 Å². The standard InChI is InChI=1S/C13H14F2N2O.ClH/c1-6-2-7(11(15)3-10(6)14)13(18)17-12-8-4-16-5-9(8)12;/h2-3,8-9,12,16H,4-5H2,1H3,(H,17,18);1H. The molecule has 1 aliphatic carbocycles. The van der Waals surface area contributed by atoms with Crippen molar-refractivity contribution in [1.82, 2.24) is 10.6 Å². The summed E-state index contributed by atoms with van der Waals surface area (Å²) in [6.07, 6.45) is 0. The largest absolute Gasteiger partial charge is 0.349 e. The number of nitrogens with one attached hydrogen (secondary N) is 2. The average molecular weight is 289 g/mol. The molecule has 2 unspecified atom stereocenters. The molecule has 3 rings (SSSR count). The molecule has 1 saturated heterocycles. The lowest BCUT2D eigenvalue weighted by molar-refractivity contribution is 0.0942. The van der Waals surface area contributed by atoms with Crippen molar-refractivity contribution in [3.8, 4) is 0 Å². The number of carbonyl (C=O) groups excluding carboxylic acids is 1. The molecule has 1 aliphatic heterocycles. The van der Waals surface area contributed by atoms with Crippen LogP contribution in [-0.4, -0.2) is 25.0 Å². The topological polar surface area (TPSA) is 41.1 Å². The Morgan fingerprint density at radius 2 is 1.89 bits per heavy atom. The van der Waals surface area contributed by atoms with Gasteiger partial charge < -0.3 is 10.6 Å². The van der Waals surface area contributed by atoms with Crippen LogP contribution in [0.5, 0.6) is 0 Å². The van der Waals surface area contributed by atoms with E-state index < -0.39 is 17.5 Å². The van der Waals surface area contributed by atoms with Gasteiger partial charge in [0, 0.05) is 25.2 Å². The zero-order chi connectivity index (χ0) is 12.9. The fraction of sp³-hybridized carbons (Fsp3) is 0.462. The normalized spacial score (nSPS) is 27.4. The van der Waals surface area contributed by atoms with E-state index in [4.69, 9.17) is 0 Å². The Labute approximate surface area is 116 Å². The van der Waals surface area contributed by atoms with E-state index >= 15 is 0 Å². The van der Waals surface area contributed by atoms with Crippen LogP contribution >= 0.6 is 12.4 Å². The maximum absolute atomic E-state index is 13.5. The highest BCUT2D eigenvalue weighted by molar-refractivity contribution is 5.95. The fourth-order valence-corrected chi connectivity index (χ4v) is 2.69. The number of carbonyl (C=O) groups is 1. The van der Waals surface area contributed by atoms with Crippen molar-refractivity contribution in [2.75, 3.05) is 13.1 Å². The Morgan fingerprint density at radius 3 is 2.53 bits per heavy atom.